The average molecular weight is 703 g/mol. The van der Waals surface area contributed by atoms with E-state index in [4.69, 9.17) is 10.1 Å². The first-order chi connectivity index (χ1) is 18.1. The average Bonchev–Trinajstić information content (AvgIpc) is 2.87. The third kappa shape index (κ3) is 7.41. The fraction of sp³-hybridized carbons (Fsp3) is 0.353. The van der Waals surface area contributed by atoms with Crippen LogP contribution in [0.25, 0.3) is 32.8 Å². The number of aliphatic hydroxyl groups excluding tert-OH is 1. The van der Waals surface area contributed by atoms with Crippen LogP contribution in [-0.4, -0.2) is 15.9 Å². The van der Waals surface area contributed by atoms with Gasteiger partial charge in [0.15, 0.2) is 5.78 Å². The Kier molecular flexibility index (Phi) is 10.6. The second-order valence-corrected chi connectivity index (χ2v) is 10.8. The molecule has 1 N–H and O–H groups in total. The van der Waals surface area contributed by atoms with Gasteiger partial charge in [-0.15, -0.1) is 34.9 Å². The molecule has 0 amide bonds. The summed E-state index contributed by atoms with van der Waals surface area (Å²) in [6.07, 6.45) is 9.64. The molecule has 1 heterocycles. The van der Waals surface area contributed by atoms with E-state index in [2.05, 4.69) is 51.1 Å². The molecule has 39 heavy (non-hydrogen) atoms. The standard InChI is InChI=1S/C29H29FN.C5H8O2.Ir/c1-18-13-19(2)15-23(14-18)29-28-22(11-12-31-29)16-26(20(3)21-7-5-4-6-8-21)25-10-9-24(30)17-27(25)28;1-4(6)3-5(2)7;/h9-14,16-17,20-21H,4-8H2,1-3H3;3,6H,1-2H3;/q-1;;/b;4-3-;. The quantitative estimate of drug-likeness (QED) is 0.0999. The molecular weight excluding hydrogens is 666 g/mol. The zero-order chi connectivity index (χ0) is 27.4. The van der Waals surface area contributed by atoms with Crippen molar-refractivity contribution in [3.05, 3.63) is 89.1 Å². The van der Waals surface area contributed by atoms with Crippen molar-refractivity contribution in [2.24, 2.45) is 5.92 Å². The number of aliphatic hydroxyl groups is 1. The predicted octanol–water partition coefficient (Wildman–Crippen LogP) is 9.33. The SMILES string of the molecule is CC(=O)/C=C(/C)O.Cc1[c-]c(-c2nccc3cc(C(C)C4CCCCC4)c4ccc(F)cc4c23)cc(C)c1.[Ir]. The van der Waals surface area contributed by atoms with Gasteiger partial charge in [0.1, 0.15) is 5.82 Å². The maximum atomic E-state index is 14.5. The number of rotatable bonds is 4. The van der Waals surface area contributed by atoms with Gasteiger partial charge >= 0.3 is 0 Å². The van der Waals surface area contributed by atoms with Crippen LogP contribution in [-0.2, 0) is 24.9 Å². The third-order valence-corrected chi connectivity index (χ3v) is 7.52. The number of ketones is 1. The van der Waals surface area contributed by atoms with E-state index in [9.17, 15) is 9.18 Å². The summed E-state index contributed by atoms with van der Waals surface area (Å²) < 4.78 is 14.5. The zero-order valence-electron chi connectivity index (χ0n) is 23.4. The van der Waals surface area contributed by atoms with Gasteiger partial charge in [0, 0.05) is 32.4 Å². The van der Waals surface area contributed by atoms with Crippen molar-refractivity contribution in [2.75, 3.05) is 0 Å². The molecule has 1 aliphatic carbocycles. The molecule has 1 atom stereocenters. The van der Waals surface area contributed by atoms with Gasteiger partial charge in [-0.1, -0.05) is 52.2 Å². The molecule has 1 aromatic heterocycles. The Morgan fingerprint density at radius 2 is 1.77 bits per heavy atom. The number of aryl methyl sites for hydroxylation is 2. The number of halogens is 1. The largest absolute Gasteiger partial charge is 0.512 e. The monoisotopic (exact) mass is 703 g/mol. The summed E-state index contributed by atoms with van der Waals surface area (Å²) >= 11 is 0. The van der Waals surface area contributed by atoms with Gasteiger partial charge in [-0.05, 0) is 89.5 Å². The van der Waals surface area contributed by atoms with Crippen molar-refractivity contribution >= 4 is 27.3 Å². The van der Waals surface area contributed by atoms with Crippen molar-refractivity contribution in [1.82, 2.24) is 4.98 Å². The first kappa shape index (κ1) is 30.7. The smallest absolute Gasteiger partial charge is 0.155 e. The van der Waals surface area contributed by atoms with E-state index in [0.717, 1.165) is 38.4 Å². The topological polar surface area (TPSA) is 50.2 Å². The summed E-state index contributed by atoms with van der Waals surface area (Å²) in [4.78, 5) is 14.8. The van der Waals surface area contributed by atoms with Crippen LogP contribution in [0.5, 0.6) is 0 Å². The number of fused-ring (bicyclic) bond motifs is 3. The molecule has 207 valence electrons. The van der Waals surface area contributed by atoms with Crippen LogP contribution in [0.4, 0.5) is 4.39 Å². The van der Waals surface area contributed by atoms with E-state index >= 15 is 0 Å². The van der Waals surface area contributed by atoms with Crippen LogP contribution < -0.4 is 0 Å². The molecule has 5 rings (SSSR count). The Labute approximate surface area is 244 Å². The second-order valence-electron chi connectivity index (χ2n) is 10.8. The first-order valence-corrected chi connectivity index (χ1v) is 13.5. The van der Waals surface area contributed by atoms with Gasteiger partial charge in [-0.3, -0.25) is 4.79 Å². The fourth-order valence-corrected chi connectivity index (χ4v) is 5.89. The molecule has 3 aromatic carbocycles. The molecule has 0 aliphatic heterocycles. The van der Waals surface area contributed by atoms with Crippen molar-refractivity contribution in [2.45, 2.75) is 72.6 Å². The molecule has 1 aliphatic rings. The van der Waals surface area contributed by atoms with Crippen molar-refractivity contribution in [1.29, 1.82) is 0 Å². The number of carbonyl (C=O) groups excluding carboxylic acids is 1. The summed E-state index contributed by atoms with van der Waals surface area (Å²) in [6, 6.07) is 17.4. The van der Waals surface area contributed by atoms with Gasteiger partial charge in [-0.25, -0.2) is 4.39 Å². The number of carbonyl (C=O) groups is 1. The van der Waals surface area contributed by atoms with E-state index < -0.39 is 0 Å². The van der Waals surface area contributed by atoms with Crippen LogP contribution in [0.15, 0.2) is 60.5 Å². The number of hydrogen-bond donors (Lipinski definition) is 1. The third-order valence-electron chi connectivity index (χ3n) is 7.52. The molecule has 0 spiro atoms. The van der Waals surface area contributed by atoms with E-state index in [-0.39, 0.29) is 37.5 Å². The van der Waals surface area contributed by atoms with Crippen LogP contribution in [0.1, 0.15) is 75.5 Å². The van der Waals surface area contributed by atoms with Crippen LogP contribution in [0.2, 0.25) is 0 Å². The van der Waals surface area contributed by atoms with Gasteiger partial charge in [0.05, 0.1) is 5.76 Å². The molecule has 1 saturated carbocycles. The molecule has 4 aromatic rings. The van der Waals surface area contributed by atoms with E-state index in [1.165, 1.54) is 63.2 Å². The Balaban J connectivity index is 0.000000468. The Bertz CT molecular complexity index is 1480. The normalized spacial score (nSPS) is 14.9. The summed E-state index contributed by atoms with van der Waals surface area (Å²) in [5.41, 5.74) is 5.48. The maximum Gasteiger partial charge on any atom is 0.155 e. The Morgan fingerprint density at radius 1 is 1.05 bits per heavy atom. The van der Waals surface area contributed by atoms with Crippen LogP contribution in [0, 0.1) is 31.6 Å². The molecule has 5 heteroatoms. The van der Waals surface area contributed by atoms with Gasteiger partial charge in [-0.2, -0.15) is 0 Å². The summed E-state index contributed by atoms with van der Waals surface area (Å²) in [5, 5.41) is 12.6. The van der Waals surface area contributed by atoms with Crippen molar-refractivity contribution < 1.29 is 34.4 Å². The molecule has 1 radical (unpaired) electrons. The first-order valence-electron chi connectivity index (χ1n) is 13.5. The molecule has 0 bridgehead atoms. The summed E-state index contributed by atoms with van der Waals surface area (Å²) in [6.45, 7) is 9.36. The molecule has 1 unspecified atom stereocenters. The number of aromatic nitrogens is 1. The van der Waals surface area contributed by atoms with Crippen LogP contribution >= 0.6 is 0 Å². The number of hydrogen-bond acceptors (Lipinski definition) is 3. The molecule has 0 saturated heterocycles. The van der Waals surface area contributed by atoms with Gasteiger partial charge in [0.2, 0.25) is 0 Å². The minimum atomic E-state index is -0.199. The Hall–Kier alpha value is -2.88. The van der Waals surface area contributed by atoms with E-state index in [1.54, 1.807) is 12.1 Å². The second kappa shape index (κ2) is 13.5. The number of nitrogens with zero attached hydrogens (tertiary/aromatic N) is 1. The summed E-state index contributed by atoms with van der Waals surface area (Å²) in [7, 11) is 0. The van der Waals surface area contributed by atoms with Gasteiger partial charge < -0.3 is 10.1 Å². The summed E-state index contributed by atoms with van der Waals surface area (Å²) in [5.74, 6) is 0.901. The predicted molar refractivity (Wildman–Crippen MR) is 155 cm³/mol. The van der Waals surface area contributed by atoms with Crippen molar-refractivity contribution in [3.8, 4) is 11.3 Å². The van der Waals surface area contributed by atoms with E-state index in [0.29, 0.717) is 11.8 Å². The van der Waals surface area contributed by atoms with E-state index in [1.807, 2.05) is 12.3 Å². The zero-order valence-corrected chi connectivity index (χ0v) is 25.8. The van der Waals surface area contributed by atoms with Gasteiger partial charge in [0.25, 0.3) is 0 Å². The number of allylic oxidation sites excluding steroid dienone is 2. The van der Waals surface area contributed by atoms with Crippen LogP contribution in [0.3, 0.4) is 0 Å². The minimum Gasteiger partial charge on any atom is -0.512 e. The maximum absolute atomic E-state index is 14.5. The molecule has 3 nitrogen and oxygen atoms in total. The number of pyridine rings is 1. The molecule has 1 fully saturated rings. The minimum absolute atomic E-state index is 0. The van der Waals surface area contributed by atoms with Crippen molar-refractivity contribution in [3.63, 3.8) is 0 Å². The molecular formula is C34H37FIrNO2-. The Morgan fingerprint density at radius 3 is 2.38 bits per heavy atom. The fourth-order valence-electron chi connectivity index (χ4n) is 5.89. The number of benzene rings is 3.